The van der Waals surface area contributed by atoms with Gasteiger partial charge in [0.25, 0.3) is 0 Å². The number of carbonyl (C=O) groups excluding carboxylic acids is 1. The maximum Gasteiger partial charge on any atom is 0.408 e. The third-order valence-electron chi connectivity index (χ3n) is 1.46. The molecule has 2 N–H and O–H groups in total. The highest BCUT2D eigenvalue weighted by molar-refractivity contribution is 7.99. The van der Waals surface area contributed by atoms with Crippen LogP contribution >= 0.6 is 11.8 Å². The van der Waals surface area contributed by atoms with Crippen LogP contribution in [0.25, 0.3) is 0 Å². The first kappa shape index (κ1) is 15.7. The fourth-order valence-electron chi connectivity index (χ4n) is 0.860. The minimum absolute atomic E-state index is 0.207. The summed E-state index contributed by atoms with van der Waals surface area (Å²) in [5, 5.41) is 11.2. The van der Waals surface area contributed by atoms with E-state index in [1.54, 1.807) is 20.8 Å². The summed E-state index contributed by atoms with van der Waals surface area (Å²) >= 11 is 1.26. The lowest BCUT2D eigenvalue weighted by Crippen LogP contribution is -2.44. The summed E-state index contributed by atoms with van der Waals surface area (Å²) in [5.74, 6) is 1.88. The highest BCUT2D eigenvalue weighted by Crippen LogP contribution is 2.08. The number of carboxylic acids is 1. The van der Waals surface area contributed by atoms with E-state index < -0.39 is 23.7 Å². The Bertz CT molecular complexity index is 316. The largest absolute Gasteiger partial charge is 0.480 e. The van der Waals surface area contributed by atoms with Gasteiger partial charge in [-0.05, 0) is 20.8 Å². The quantitative estimate of drug-likeness (QED) is 0.575. The van der Waals surface area contributed by atoms with E-state index in [-0.39, 0.29) is 5.75 Å². The second-order valence-corrected chi connectivity index (χ2v) is 5.29. The van der Waals surface area contributed by atoms with Gasteiger partial charge >= 0.3 is 12.1 Å². The molecule has 5 nitrogen and oxygen atoms in total. The number of hydrogen-bond acceptors (Lipinski definition) is 4. The summed E-state index contributed by atoms with van der Waals surface area (Å²) in [6.07, 6.45) is 4.30. The van der Waals surface area contributed by atoms with Crippen LogP contribution in [0.2, 0.25) is 0 Å². The molecular weight excluding hydrogens is 242 g/mol. The van der Waals surface area contributed by atoms with Gasteiger partial charge in [-0.2, -0.15) is 0 Å². The molecule has 0 aliphatic rings. The van der Waals surface area contributed by atoms with E-state index in [1.807, 2.05) is 0 Å². The van der Waals surface area contributed by atoms with Gasteiger partial charge in [-0.25, -0.2) is 9.59 Å². The van der Waals surface area contributed by atoms with Crippen molar-refractivity contribution >= 4 is 23.8 Å². The number of ether oxygens (including phenoxy) is 1. The summed E-state index contributed by atoms with van der Waals surface area (Å²) in [6.45, 7) is 5.11. The average Bonchev–Trinajstić information content (AvgIpc) is 2.13. The number of thioether (sulfide) groups is 1. The standard InChI is InChI=1S/C11H17NO4S/c1-5-6-17-7-8(9(13)14)12-10(15)16-11(2,3)4/h1,8H,6-7H2,2-4H3,(H,12,15)(H,13,14)/t8-/m1/s1. The van der Waals surface area contributed by atoms with Crippen molar-refractivity contribution in [2.45, 2.75) is 32.4 Å². The summed E-state index contributed by atoms with van der Waals surface area (Å²) in [5.41, 5.74) is -0.654. The van der Waals surface area contributed by atoms with Gasteiger partial charge < -0.3 is 15.2 Å². The van der Waals surface area contributed by atoms with Gasteiger partial charge in [-0.15, -0.1) is 18.2 Å². The second-order valence-electron chi connectivity index (χ2n) is 4.26. The normalized spacial score (nSPS) is 12.4. The number of nitrogens with one attached hydrogen (secondary N) is 1. The molecule has 0 aromatic carbocycles. The van der Waals surface area contributed by atoms with Crippen LogP contribution in [-0.4, -0.2) is 40.3 Å². The Morgan fingerprint density at radius 3 is 2.53 bits per heavy atom. The topological polar surface area (TPSA) is 75.6 Å². The summed E-state index contributed by atoms with van der Waals surface area (Å²) in [4.78, 5) is 22.2. The van der Waals surface area contributed by atoms with E-state index in [4.69, 9.17) is 16.3 Å². The molecule has 6 heteroatoms. The summed E-state index contributed by atoms with van der Waals surface area (Å²) < 4.78 is 4.96. The number of carboxylic acid groups (broad SMARTS) is 1. The highest BCUT2D eigenvalue weighted by atomic mass is 32.2. The fourth-order valence-corrected chi connectivity index (χ4v) is 1.56. The van der Waals surface area contributed by atoms with Crippen LogP contribution in [0.15, 0.2) is 0 Å². The molecule has 1 amide bonds. The van der Waals surface area contributed by atoms with Gasteiger partial charge in [-0.1, -0.05) is 5.92 Å². The first-order chi connectivity index (χ1) is 7.76. The van der Waals surface area contributed by atoms with Crippen molar-refractivity contribution in [2.75, 3.05) is 11.5 Å². The van der Waals surface area contributed by atoms with Crippen molar-refractivity contribution in [3.8, 4) is 12.3 Å². The van der Waals surface area contributed by atoms with Crippen molar-refractivity contribution in [3.63, 3.8) is 0 Å². The molecule has 0 saturated carbocycles. The molecule has 0 aromatic rings. The highest BCUT2D eigenvalue weighted by Gasteiger charge is 2.23. The Kier molecular flexibility index (Phi) is 6.51. The molecule has 0 aliphatic carbocycles. The lowest BCUT2D eigenvalue weighted by Gasteiger charge is -2.21. The van der Waals surface area contributed by atoms with E-state index in [0.29, 0.717) is 5.75 Å². The van der Waals surface area contributed by atoms with Crippen LogP contribution in [0.3, 0.4) is 0 Å². The lowest BCUT2D eigenvalue weighted by atomic mass is 10.2. The Balaban J connectivity index is 4.22. The Morgan fingerprint density at radius 2 is 2.12 bits per heavy atom. The molecule has 1 atom stereocenters. The molecular formula is C11H17NO4S. The Hall–Kier alpha value is -1.35. The van der Waals surface area contributed by atoms with Gasteiger partial charge in [-0.3, -0.25) is 0 Å². The zero-order valence-electron chi connectivity index (χ0n) is 10.1. The molecule has 0 saturated heterocycles. The molecule has 0 fully saturated rings. The molecule has 0 unspecified atom stereocenters. The van der Waals surface area contributed by atoms with Gasteiger partial charge in [0.2, 0.25) is 0 Å². The van der Waals surface area contributed by atoms with Crippen molar-refractivity contribution in [3.05, 3.63) is 0 Å². The number of aliphatic carboxylic acids is 1. The van der Waals surface area contributed by atoms with Crippen LogP contribution in [0.1, 0.15) is 20.8 Å². The lowest BCUT2D eigenvalue weighted by molar-refractivity contribution is -0.138. The number of terminal acetylenes is 1. The SMILES string of the molecule is C#CCSC[C@@H](NC(=O)OC(C)(C)C)C(=O)O. The molecule has 96 valence electrons. The summed E-state index contributed by atoms with van der Waals surface area (Å²) in [6, 6.07) is -0.997. The van der Waals surface area contributed by atoms with Crippen molar-refractivity contribution in [1.82, 2.24) is 5.32 Å². The molecule has 0 rings (SSSR count). The zero-order valence-corrected chi connectivity index (χ0v) is 11.0. The van der Waals surface area contributed by atoms with Crippen molar-refractivity contribution in [1.29, 1.82) is 0 Å². The van der Waals surface area contributed by atoms with Crippen LogP contribution in [0.4, 0.5) is 4.79 Å². The molecule has 0 radical (unpaired) electrons. The van der Waals surface area contributed by atoms with E-state index in [2.05, 4.69) is 11.2 Å². The van der Waals surface area contributed by atoms with Crippen LogP contribution in [-0.2, 0) is 9.53 Å². The number of alkyl carbamates (subject to hydrolysis) is 1. The fraction of sp³-hybridized carbons (Fsp3) is 0.636. The number of rotatable bonds is 5. The molecule has 0 aliphatic heterocycles. The summed E-state index contributed by atoms with van der Waals surface area (Å²) in [7, 11) is 0. The second kappa shape index (κ2) is 7.07. The molecule has 0 aromatic heterocycles. The van der Waals surface area contributed by atoms with Crippen LogP contribution < -0.4 is 5.32 Å². The Morgan fingerprint density at radius 1 is 1.53 bits per heavy atom. The Labute approximate surface area is 105 Å². The number of carbonyl (C=O) groups is 2. The van der Waals surface area contributed by atoms with Gasteiger partial charge in [0.05, 0.1) is 5.75 Å². The van der Waals surface area contributed by atoms with Gasteiger partial charge in [0.1, 0.15) is 11.6 Å². The smallest absolute Gasteiger partial charge is 0.408 e. The van der Waals surface area contributed by atoms with Crippen molar-refractivity contribution in [2.24, 2.45) is 0 Å². The third kappa shape index (κ3) is 8.46. The number of amides is 1. The average molecular weight is 259 g/mol. The van der Waals surface area contributed by atoms with E-state index in [0.717, 1.165) is 0 Å². The van der Waals surface area contributed by atoms with Gasteiger partial charge in [0.15, 0.2) is 0 Å². The first-order valence-electron chi connectivity index (χ1n) is 5.00. The maximum atomic E-state index is 11.4. The first-order valence-corrected chi connectivity index (χ1v) is 6.15. The molecule has 17 heavy (non-hydrogen) atoms. The van der Waals surface area contributed by atoms with Crippen molar-refractivity contribution < 1.29 is 19.4 Å². The van der Waals surface area contributed by atoms with E-state index >= 15 is 0 Å². The molecule has 0 heterocycles. The minimum Gasteiger partial charge on any atom is -0.480 e. The van der Waals surface area contributed by atoms with Crippen LogP contribution in [0, 0.1) is 12.3 Å². The maximum absolute atomic E-state index is 11.4. The van der Waals surface area contributed by atoms with Gasteiger partial charge in [0, 0.05) is 5.75 Å². The monoisotopic (exact) mass is 259 g/mol. The molecule has 0 bridgehead atoms. The third-order valence-corrected chi connectivity index (χ3v) is 2.40. The minimum atomic E-state index is -1.11. The zero-order chi connectivity index (χ0) is 13.5. The predicted octanol–water partition coefficient (Wildman–Crippen LogP) is 1.33. The molecule has 0 spiro atoms. The van der Waals surface area contributed by atoms with Crippen LogP contribution in [0.5, 0.6) is 0 Å². The van der Waals surface area contributed by atoms with E-state index in [9.17, 15) is 9.59 Å². The number of hydrogen-bond donors (Lipinski definition) is 2. The predicted molar refractivity (Wildman–Crippen MR) is 67.0 cm³/mol. The van der Waals surface area contributed by atoms with E-state index in [1.165, 1.54) is 11.8 Å².